The molecule has 0 radical (unpaired) electrons. The second-order valence-corrected chi connectivity index (χ2v) is 6.84. The van der Waals surface area contributed by atoms with Crippen molar-refractivity contribution in [1.82, 2.24) is 25.1 Å². The molecular formula is C20H30N6O. The van der Waals surface area contributed by atoms with Crippen molar-refractivity contribution >= 4 is 22.9 Å². The number of rotatable bonds is 8. The van der Waals surface area contributed by atoms with Gasteiger partial charge in [-0.15, -0.1) is 0 Å². The van der Waals surface area contributed by atoms with Crippen LogP contribution in [-0.2, 0) is 11.3 Å². The van der Waals surface area contributed by atoms with Crippen molar-refractivity contribution in [2.45, 2.75) is 26.8 Å². The zero-order chi connectivity index (χ0) is 19.8. The number of amides is 1. The maximum absolute atomic E-state index is 11.8. The summed E-state index contributed by atoms with van der Waals surface area (Å²) in [5.41, 5.74) is 3.18. The molecule has 0 bridgehead atoms. The van der Waals surface area contributed by atoms with Crippen LogP contribution in [0.15, 0.2) is 41.4 Å². The van der Waals surface area contributed by atoms with Gasteiger partial charge in [-0.1, -0.05) is 24.3 Å². The Labute approximate surface area is 161 Å². The van der Waals surface area contributed by atoms with Crippen molar-refractivity contribution < 1.29 is 4.79 Å². The van der Waals surface area contributed by atoms with Crippen LogP contribution < -0.4 is 10.6 Å². The van der Waals surface area contributed by atoms with E-state index in [0.29, 0.717) is 12.5 Å². The fourth-order valence-corrected chi connectivity index (χ4v) is 2.62. The minimum absolute atomic E-state index is 0.0352. The van der Waals surface area contributed by atoms with Gasteiger partial charge in [0.1, 0.15) is 12.4 Å². The Morgan fingerprint density at radius 2 is 2.04 bits per heavy atom. The number of fused-ring (bicyclic) bond motifs is 1. The van der Waals surface area contributed by atoms with Gasteiger partial charge in [0.05, 0.1) is 11.0 Å². The third-order valence-electron chi connectivity index (χ3n) is 4.13. The van der Waals surface area contributed by atoms with Gasteiger partial charge in [0, 0.05) is 33.7 Å². The number of hydrogen-bond donors (Lipinski definition) is 2. The average molecular weight is 371 g/mol. The fourth-order valence-electron chi connectivity index (χ4n) is 2.62. The molecule has 7 nitrogen and oxygen atoms in total. The number of benzene rings is 1. The molecule has 1 aromatic carbocycles. The zero-order valence-electron chi connectivity index (χ0n) is 16.7. The maximum atomic E-state index is 11.8. The lowest BCUT2D eigenvalue weighted by atomic mass is 10.3. The van der Waals surface area contributed by atoms with Gasteiger partial charge in [-0.3, -0.25) is 4.79 Å². The smallest absolute Gasteiger partial charge is 0.243 e. The molecule has 0 atom stereocenters. The minimum atomic E-state index is -0.0352. The number of imidazole rings is 1. The van der Waals surface area contributed by atoms with E-state index in [4.69, 9.17) is 0 Å². The molecule has 2 aromatic rings. The summed E-state index contributed by atoms with van der Waals surface area (Å²) in [6.07, 6.45) is 0.913. The molecule has 0 unspecified atom stereocenters. The molecule has 7 heteroatoms. The number of guanidine groups is 1. The van der Waals surface area contributed by atoms with E-state index in [-0.39, 0.29) is 12.5 Å². The molecular weight excluding hydrogens is 340 g/mol. The number of likely N-dealkylation sites (N-methyl/N-ethyl adjacent to an activating group) is 1. The summed E-state index contributed by atoms with van der Waals surface area (Å²) in [6.45, 7) is 10.2. The molecule has 0 aliphatic heterocycles. The Morgan fingerprint density at radius 3 is 2.74 bits per heavy atom. The van der Waals surface area contributed by atoms with Gasteiger partial charge in [-0.05, 0) is 32.4 Å². The van der Waals surface area contributed by atoms with Crippen LogP contribution in [0.3, 0.4) is 0 Å². The van der Waals surface area contributed by atoms with E-state index in [1.54, 1.807) is 14.1 Å². The van der Waals surface area contributed by atoms with Crippen LogP contribution in [0.4, 0.5) is 0 Å². The summed E-state index contributed by atoms with van der Waals surface area (Å²) in [5.74, 6) is 1.61. The molecule has 2 N–H and O–H groups in total. The van der Waals surface area contributed by atoms with Crippen LogP contribution in [0.5, 0.6) is 0 Å². The summed E-state index contributed by atoms with van der Waals surface area (Å²) < 4.78 is 2.23. The third-order valence-corrected chi connectivity index (χ3v) is 4.13. The van der Waals surface area contributed by atoms with Crippen LogP contribution in [0.1, 0.15) is 19.2 Å². The van der Waals surface area contributed by atoms with Crippen LogP contribution in [-0.4, -0.2) is 60.0 Å². The van der Waals surface area contributed by atoms with Crippen molar-refractivity contribution in [3.8, 4) is 0 Å². The van der Waals surface area contributed by atoms with E-state index in [1.807, 2.05) is 32.0 Å². The van der Waals surface area contributed by atoms with Crippen molar-refractivity contribution in [3.05, 3.63) is 42.2 Å². The van der Waals surface area contributed by atoms with Gasteiger partial charge < -0.3 is 20.1 Å². The fraction of sp³-hybridized carbons (Fsp3) is 0.450. The summed E-state index contributed by atoms with van der Waals surface area (Å²) in [7, 11) is 3.45. The first-order valence-electron chi connectivity index (χ1n) is 9.17. The Hall–Kier alpha value is -2.83. The Balaban J connectivity index is 1.91. The molecule has 2 rings (SSSR count). The number of carbonyl (C=O) groups is 1. The SMILES string of the molecule is C=C(C)CNC(=NCC(=O)N(C)C)NCCCn1c(C)nc2ccccc21. The molecule has 0 saturated heterocycles. The largest absolute Gasteiger partial charge is 0.356 e. The first kappa shape index (κ1) is 20.5. The average Bonchev–Trinajstić information content (AvgIpc) is 2.95. The second-order valence-electron chi connectivity index (χ2n) is 6.84. The first-order chi connectivity index (χ1) is 12.9. The highest BCUT2D eigenvalue weighted by atomic mass is 16.2. The maximum Gasteiger partial charge on any atom is 0.243 e. The number of aryl methyl sites for hydroxylation is 2. The molecule has 146 valence electrons. The molecule has 1 heterocycles. The van der Waals surface area contributed by atoms with E-state index in [2.05, 4.69) is 37.8 Å². The Bertz CT molecular complexity index is 821. The number of carbonyl (C=O) groups excluding carboxylic acids is 1. The Morgan fingerprint density at radius 1 is 1.30 bits per heavy atom. The van der Waals surface area contributed by atoms with E-state index in [0.717, 1.165) is 41.9 Å². The molecule has 0 saturated carbocycles. The second kappa shape index (κ2) is 9.75. The van der Waals surface area contributed by atoms with Crippen LogP contribution in [0.2, 0.25) is 0 Å². The predicted octanol–water partition coefficient (Wildman–Crippen LogP) is 1.93. The lowest BCUT2D eigenvalue weighted by Crippen LogP contribution is -2.39. The molecule has 0 aliphatic rings. The number of nitrogens with zero attached hydrogens (tertiary/aromatic N) is 4. The van der Waals surface area contributed by atoms with Crippen molar-refractivity contribution in [2.24, 2.45) is 4.99 Å². The van der Waals surface area contributed by atoms with E-state index in [1.165, 1.54) is 4.90 Å². The van der Waals surface area contributed by atoms with Crippen LogP contribution in [0.25, 0.3) is 11.0 Å². The summed E-state index contributed by atoms with van der Waals surface area (Å²) in [5, 5.41) is 6.49. The van der Waals surface area contributed by atoms with Crippen LogP contribution in [0, 0.1) is 6.92 Å². The monoisotopic (exact) mass is 370 g/mol. The van der Waals surface area contributed by atoms with Crippen molar-refractivity contribution in [3.63, 3.8) is 0 Å². The van der Waals surface area contributed by atoms with Gasteiger partial charge in [-0.2, -0.15) is 0 Å². The molecule has 0 aliphatic carbocycles. The van der Waals surface area contributed by atoms with E-state index in [9.17, 15) is 4.79 Å². The molecule has 0 fully saturated rings. The third kappa shape index (κ3) is 6.13. The van der Waals surface area contributed by atoms with Gasteiger partial charge in [-0.25, -0.2) is 9.98 Å². The molecule has 1 aromatic heterocycles. The minimum Gasteiger partial charge on any atom is -0.356 e. The van der Waals surface area contributed by atoms with Gasteiger partial charge in [0.2, 0.25) is 5.91 Å². The normalized spacial score (nSPS) is 11.5. The summed E-state index contributed by atoms with van der Waals surface area (Å²) in [4.78, 5) is 22.3. The topological polar surface area (TPSA) is 74.6 Å². The first-order valence-corrected chi connectivity index (χ1v) is 9.17. The number of aliphatic imine (C=N–C) groups is 1. The quantitative estimate of drug-likeness (QED) is 0.322. The lowest BCUT2D eigenvalue weighted by Gasteiger charge is -2.14. The Kier molecular flexibility index (Phi) is 7.40. The van der Waals surface area contributed by atoms with Gasteiger partial charge in [0.15, 0.2) is 5.96 Å². The molecule has 1 amide bonds. The summed E-state index contributed by atoms with van der Waals surface area (Å²) in [6, 6.07) is 8.17. The van der Waals surface area contributed by atoms with Gasteiger partial charge >= 0.3 is 0 Å². The lowest BCUT2D eigenvalue weighted by molar-refractivity contribution is -0.127. The number of nitrogens with one attached hydrogen (secondary N) is 2. The van der Waals surface area contributed by atoms with Gasteiger partial charge in [0.25, 0.3) is 0 Å². The standard InChI is InChI=1S/C20H30N6O/c1-15(2)13-22-20(23-14-19(27)25(4)5)21-11-8-12-26-16(3)24-17-9-6-7-10-18(17)26/h6-7,9-10H,1,8,11-14H2,2-5H3,(H2,21,22,23). The van der Waals surface area contributed by atoms with Crippen molar-refractivity contribution in [2.75, 3.05) is 33.7 Å². The zero-order valence-corrected chi connectivity index (χ0v) is 16.7. The highest BCUT2D eigenvalue weighted by Gasteiger charge is 2.07. The van der Waals surface area contributed by atoms with E-state index >= 15 is 0 Å². The number of aromatic nitrogens is 2. The molecule has 27 heavy (non-hydrogen) atoms. The highest BCUT2D eigenvalue weighted by Crippen LogP contribution is 2.15. The van der Waals surface area contributed by atoms with E-state index < -0.39 is 0 Å². The van der Waals surface area contributed by atoms with Crippen LogP contribution >= 0.6 is 0 Å². The molecule has 0 spiro atoms. The summed E-state index contributed by atoms with van der Waals surface area (Å²) >= 11 is 0. The predicted molar refractivity (Wildman–Crippen MR) is 111 cm³/mol. The van der Waals surface area contributed by atoms with Crippen molar-refractivity contribution in [1.29, 1.82) is 0 Å². The number of hydrogen-bond acceptors (Lipinski definition) is 3. The number of para-hydroxylation sites is 2. The highest BCUT2D eigenvalue weighted by molar-refractivity contribution is 5.84.